The highest BCUT2D eigenvalue weighted by atomic mass is 32.2. The molecular formula is C12H22N4O3S. The first kappa shape index (κ1) is 15.3. The van der Waals surface area contributed by atoms with E-state index in [2.05, 4.69) is 5.10 Å². The van der Waals surface area contributed by atoms with Gasteiger partial charge in [-0.05, 0) is 25.7 Å². The third-order valence-electron chi connectivity index (χ3n) is 3.54. The minimum Gasteiger partial charge on any atom is -0.381 e. The van der Waals surface area contributed by atoms with Crippen LogP contribution in [0.25, 0.3) is 0 Å². The fourth-order valence-electron chi connectivity index (χ4n) is 2.36. The van der Waals surface area contributed by atoms with E-state index in [1.54, 1.807) is 7.05 Å². The number of nitrogens with two attached hydrogens (primary N) is 1. The summed E-state index contributed by atoms with van der Waals surface area (Å²) in [7, 11) is -2.01. The second-order valence-corrected chi connectivity index (χ2v) is 7.12. The van der Waals surface area contributed by atoms with E-state index >= 15 is 0 Å². The third kappa shape index (κ3) is 3.13. The topological polar surface area (TPSA) is 90.5 Å². The van der Waals surface area contributed by atoms with Gasteiger partial charge in [0.15, 0.2) is 5.82 Å². The van der Waals surface area contributed by atoms with E-state index in [0.29, 0.717) is 19.7 Å². The molecule has 114 valence electrons. The predicted molar refractivity (Wildman–Crippen MR) is 75.7 cm³/mol. The number of ether oxygens (including phenoxy) is 1. The number of nitrogen functional groups attached to an aromatic ring is 1. The van der Waals surface area contributed by atoms with Crippen molar-refractivity contribution in [3.63, 3.8) is 0 Å². The molecule has 0 spiro atoms. The number of nitrogens with zero attached hydrogens (tertiary/aromatic N) is 3. The predicted octanol–water partition coefficient (Wildman–Crippen LogP) is 0.532. The summed E-state index contributed by atoms with van der Waals surface area (Å²) in [5, 5.41) is 3.99. The summed E-state index contributed by atoms with van der Waals surface area (Å²) in [5.74, 6) is 0.296. The van der Waals surface area contributed by atoms with Gasteiger partial charge in [-0.25, -0.2) is 12.7 Å². The van der Waals surface area contributed by atoms with Crippen molar-refractivity contribution in [2.75, 3.05) is 32.5 Å². The molecule has 20 heavy (non-hydrogen) atoms. The number of sulfonamides is 1. The van der Waals surface area contributed by atoms with Crippen LogP contribution < -0.4 is 5.73 Å². The Kier molecular flexibility index (Phi) is 4.66. The Hall–Kier alpha value is -1.12. The molecule has 0 aromatic carbocycles. The second kappa shape index (κ2) is 6.11. The molecule has 0 amide bonds. The molecule has 0 saturated carbocycles. The highest BCUT2D eigenvalue weighted by molar-refractivity contribution is 7.89. The second-order valence-electron chi connectivity index (χ2n) is 5.10. The molecule has 7 nitrogen and oxygen atoms in total. The Balaban J connectivity index is 2.13. The van der Waals surface area contributed by atoms with E-state index in [9.17, 15) is 8.42 Å². The molecule has 2 heterocycles. The van der Waals surface area contributed by atoms with Gasteiger partial charge in [-0.15, -0.1) is 0 Å². The highest BCUT2D eigenvalue weighted by Crippen LogP contribution is 2.23. The van der Waals surface area contributed by atoms with Crippen molar-refractivity contribution in [1.29, 1.82) is 0 Å². The zero-order chi connectivity index (χ0) is 14.8. The Labute approximate surface area is 119 Å². The van der Waals surface area contributed by atoms with Gasteiger partial charge in [-0.1, -0.05) is 0 Å². The van der Waals surface area contributed by atoms with Crippen LogP contribution in [0.5, 0.6) is 0 Å². The van der Waals surface area contributed by atoms with Gasteiger partial charge in [0.05, 0.1) is 6.61 Å². The molecule has 1 saturated heterocycles. The molecule has 1 unspecified atom stereocenters. The van der Waals surface area contributed by atoms with Crippen molar-refractivity contribution in [2.45, 2.75) is 31.2 Å². The normalized spacial score (nSPS) is 20.4. The summed E-state index contributed by atoms with van der Waals surface area (Å²) in [6.45, 7) is 4.29. The Bertz CT molecular complexity index is 549. The van der Waals surface area contributed by atoms with Gasteiger partial charge < -0.3 is 10.5 Å². The van der Waals surface area contributed by atoms with Crippen molar-refractivity contribution in [2.24, 2.45) is 5.92 Å². The van der Waals surface area contributed by atoms with Crippen molar-refractivity contribution in [3.05, 3.63) is 6.20 Å². The molecular weight excluding hydrogens is 280 g/mol. The van der Waals surface area contributed by atoms with E-state index in [-0.39, 0.29) is 16.6 Å². The smallest absolute Gasteiger partial charge is 0.248 e. The van der Waals surface area contributed by atoms with Crippen LogP contribution in [0.1, 0.15) is 19.8 Å². The van der Waals surface area contributed by atoms with Crippen LogP contribution in [0.3, 0.4) is 0 Å². The minimum atomic E-state index is -3.59. The largest absolute Gasteiger partial charge is 0.381 e. The fourth-order valence-corrected chi connectivity index (χ4v) is 3.66. The van der Waals surface area contributed by atoms with Crippen molar-refractivity contribution in [1.82, 2.24) is 14.1 Å². The van der Waals surface area contributed by atoms with Crippen molar-refractivity contribution in [3.8, 4) is 0 Å². The van der Waals surface area contributed by atoms with Gasteiger partial charge in [0.1, 0.15) is 4.90 Å². The molecule has 1 aliphatic heterocycles. The molecule has 2 N–H and O–H groups in total. The Morgan fingerprint density at radius 2 is 2.35 bits per heavy atom. The quantitative estimate of drug-likeness (QED) is 0.857. The standard InChI is InChI=1S/C12H22N4O3S/c1-3-16-8-11(12(13)14-16)20(17,18)15(2)7-10-5-4-6-19-9-10/h8,10H,3-7,9H2,1-2H3,(H2,13,14). The maximum atomic E-state index is 12.5. The van der Waals surface area contributed by atoms with E-state index < -0.39 is 10.0 Å². The molecule has 1 aromatic rings. The van der Waals surface area contributed by atoms with Crippen LogP contribution in [0.4, 0.5) is 5.82 Å². The number of hydrogen-bond donors (Lipinski definition) is 1. The molecule has 0 bridgehead atoms. The molecule has 1 aromatic heterocycles. The van der Waals surface area contributed by atoms with Crippen LogP contribution in [-0.2, 0) is 21.3 Å². The molecule has 1 fully saturated rings. The molecule has 1 aliphatic rings. The summed E-state index contributed by atoms with van der Waals surface area (Å²) in [6, 6.07) is 0. The summed E-state index contributed by atoms with van der Waals surface area (Å²) in [6.07, 6.45) is 3.45. The monoisotopic (exact) mass is 302 g/mol. The zero-order valence-electron chi connectivity index (χ0n) is 11.9. The number of hydrogen-bond acceptors (Lipinski definition) is 5. The Morgan fingerprint density at radius 3 is 2.90 bits per heavy atom. The summed E-state index contributed by atoms with van der Waals surface area (Å²) in [5.41, 5.74) is 5.71. The van der Waals surface area contributed by atoms with Gasteiger partial charge in [-0.2, -0.15) is 5.10 Å². The lowest BCUT2D eigenvalue weighted by Gasteiger charge is -2.26. The average Bonchev–Trinajstić information content (AvgIpc) is 2.82. The Morgan fingerprint density at radius 1 is 1.60 bits per heavy atom. The van der Waals surface area contributed by atoms with Gasteiger partial charge in [0, 0.05) is 32.9 Å². The molecule has 8 heteroatoms. The van der Waals surface area contributed by atoms with Gasteiger partial charge >= 0.3 is 0 Å². The van der Waals surface area contributed by atoms with Gasteiger partial charge in [-0.3, -0.25) is 4.68 Å². The third-order valence-corrected chi connectivity index (χ3v) is 5.38. The minimum absolute atomic E-state index is 0.0543. The summed E-state index contributed by atoms with van der Waals surface area (Å²) in [4.78, 5) is 0.0820. The number of anilines is 1. The van der Waals surface area contributed by atoms with E-state index in [4.69, 9.17) is 10.5 Å². The van der Waals surface area contributed by atoms with Crippen LogP contribution in [0.2, 0.25) is 0 Å². The first-order valence-electron chi connectivity index (χ1n) is 6.82. The van der Waals surface area contributed by atoms with Crippen LogP contribution in [-0.4, -0.2) is 49.3 Å². The van der Waals surface area contributed by atoms with E-state index in [1.807, 2.05) is 6.92 Å². The molecule has 0 radical (unpaired) electrons. The zero-order valence-corrected chi connectivity index (χ0v) is 12.8. The maximum absolute atomic E-state index is 12.5. The lowest BCUT2D eigenvalue weighted by atomic mass is 10.0. The number of rotatable bonds is 5. The SMILES string of the molecule is CCn1cc(S(=O)(=O)N(C)CC2CCCOC2)c(N)n1. The van der Waals surface area contributed by atoms with E-state index in [1.165, 1.54) is 15.2 Å². The summed E-state index contributed by atoms with van der Waals surface area (Å²) >= 11 is 0. The van der Waals surface area contributed by atoms with Crippen LogP contribution in [0, 0.1) is 5.92 Å². The molecule has 2 rings (SSSR count). The van der Waals surface area contributed by atoms with Crippen molar-refractivity contribution >= 4 is 15.8 Å². The van der Waals surface area contributed by atoms with Crippen LogP contribution >= 0.6 is 0 Å². The van der Waals surface area contributed by atoms with Crippen molar-refractivity contribution < 1.29 is 13.2 Å². The van der Waals surface area contributed by atoms with Crippen LogP contribution in [0.15, 0.2) is 11.1 Å². The maximum Gasteiger partial charge on any atom is 0.248 e. The lowest BCUT2D eigenvalue weighted by Crippen LogP contribution is -2.35. The lowest BCUT2D eigenvalue weighted by molar-refractivity contribution is 0.0495. The fraction of sp³-hybridized carbons (Fsp3) is 0.750. The first-order valence-corrected chi connectivity index (χ1v) is 8.26. The number of aromatic nitrogens is 2. The van der Waals surface area contributed by atoms with E-state index in [0.717, 1.165) is 19.4 Å². The first-order chi connectivity index (χ1) is 9.45. The summed E-state index contributed by atoms with van der Waals surface area (Å²) < 4.78 is 33.3. The van der Waals surface area contributed by atoms with Gasteiger partial charge in [0.2, 0.25) is 10.0 Å². The molecule has 0 aliphatic carbocycles. The average molecular weight is 302 g/mol. The molecule has 1 atom stereocenters. The number of aryl methyl sites for hydroxylation is 1. The highest BCUT2D eigenvalue weighted by Gasteiger charge is 2.28. The van der Waals surface area contributed by atoms with Gasteiger partial charge in [0.25, 0.3) is 0 Å².